The molecular weight excluding hydrogens is 255 g/mol. The van der Waals surface area contributed by atoms with Crippen LogP contribution in [0.2, 0.25) is 0 Å². The fourth-order valence-corrected chi connectivity index (χ4v) is 3.31. The van der Waals surface area contributed by atoms with E-state index in [0.29, 0.717) is 10.6 Å². The highest BCUT2D eigenvalue weighted by molar-refractivity contribution is 7.99. The van der Waals surface area contributed by atoms with Gasteiger partial charge in [-0.1, -0.05) is 12.1 Å². The van der Waals surface area contributed by atoms with Gasteiger partial charge in [0.25, 0.3) is 0 Å². The monoisotopic (exact) mass is 268 g/mol. The average Bonchev–Trinajstić information content (AvgIpc) is 2.74. The van der Waals surface area contributed by atoms with Gasteiger partial charge in [-0.15, -0.1) is 23.1 Å². The second-order valence-electron chi connectivity index (χ2n) is 3.71. The number of thiophene rings is 1. The number of aliphatic hydroxyl groups excluding tert-OH is 1. The average molecular weight is 268 g/mol. The lowest BCUT2D eigenvalue weighted by Gasteiger charge is -2.08. The van der Waals surface area contributed by atoms with E-state index in [1.807, 2.05) is 19.1 Å². The SMILES string of the molecule is Cc1ccc(C(O)CSc2ccccc2F)s1. The summed E-state index contributed by atoms with van der Waals surface area (Å²) in [7, 11) is 0. The third-order valence-corrected chi connectivity index (χ3v) is 4.55. The largest absolute Gasteiger partial charge is 0.387 e. The van der Waals surface area contributed by atoms with Gasteiger partial charge in [0, 0.05) is 20.4 Å². The summed E-state index contributed by atoms with van der Waals surface area (Å²) in [5, 5.41) is 9.95. The molecule has 0 aliphatic heterocycles. The first-order chi connectivity index (χ1) is 8.16. The molecule has 1 aromatic heterocycles. The lowest BCUT2D eigenvalue weighted by Crippen LogP contribution is -1.98. The Hall–Kier alpha value is -0.840. The molecule has 1 aromatic carbocycles. The van der Waals surface area contributed by atoms with E-state index in [1.54, 1.807) is 29.5 Å². The van der Waals surface area contributed by atoms with E-state index < -0.39 is 6.10 Å². The molecule has 0 fully saturated rings. The molecule has 1 nitrogen and oxygen atoms in total. The van der Waals surface area contributed by atoms with Crippen LogP contribution in [0.4, 0.5) is 4.39 Å². The molecule has 0 saturated heterocycles. The summed E-state index contributed by atoms with van der Waals surface area (Å²) >= 11 is 2.92. The summed E-state index contributed by atoms with van der Waals surface area (Å²) in [5.74, 6) is 0.244. The van der Waals surface area contributed by atoms with Crippen LogP contribution in [0.1, 0.15) is 15.9 Å². The van der Waals surface area contributed by atoms with Crippen LogP contribution in [-0.2, 0) is 0 Å². The number of hydrogen-bond acceptors (Lipinski definition) is 3. The number of aliphatic hydroxyl groups is 1. The maximum Gasteiger partial charge on any atom is 0.136 e. The quantitative estimate of drug-likeness (QED) is 0.845. The number of aryl methyl sites for hydroxylation is 1. The van der Waals surface area contributed by atoms with Crippen LogP contribution in [0.15, 0.2) is 41.3 Å². The van der Waals surface area contributed by atoms with Gasteiger partial charge in [-0.3, -0.25) is 0 Å². The van der Waals surface area contributed by atoms with Crippen LogP contribution < -0.4 is 0 Å². The van der Waals surface area contributed by atoms with Gasteiger partial charge in [0.2, 0.25) is 0 Å². The summed E-state index contributed by atoms with van der Waals surface area (Å²) < 4.78 is 13.3. The van der Waals surface area contributed by atoms with Crippen LogP contribution in [0.5, 0.6) is 0 Å². The third-order valence-electron chi connectivity index (χ3n) is 2.32. The maximum absolute atomic E-state index is 13.3. The highest BCUT2D eigenvalue weighted by atomic mass is 32.2. The van der Waals surface area contributed by atoms with Gasteiger partial charge in [0.15, 0.2) is 0 Å². The van der Waals surface area contributed by atoms with E-state index in [-0.39, 0.29) is 5.82 Å². The molecule has 1 N–H and O–H groups in total. The van der Waals surface area contributed by atoms with E-state index in [4.69, 9.17) is 0 Å². The highest BCUT2D eigenvalue weighted by Crippen LogP contribution is 2.29. The Balaban J connectivity index is 1.97. The molecule has 0 bridgehead atoms. The van der Waals surface area contributed by atoms with Crippen molar-refractivity contribution in [3.63, 3.8) is 0 Å². The molecule has 0 aliphatic carbocycles. The molecule has 0 aliphatic rings. The molecule has 1 atom stereocenters. The van der Waals surface area contributed by atoms with Crippen molar-refractivity contribution in [2.24, 2.45) is 0 Å². The normalized spacial score (nSPS) is 12.6. The second-order valence-corrected chi connectivity index (χ2v) is 6.09. The number of hydrogen-bond donors (Lipinski definition) is 1. The number of halogens is 1. The predicted molar refractivity (Wildman–Crippen MR) is 71.1 cm³/mol. The van der Waals surface area contributed by atoms with E-state index in [2.05, 4.69) is 0 Å². The molecule has 1 heterocycles. The minimum atomic E-state index is -0.529. The first-order valence-electron chi connectivity index (χ1n) is 5.28. The first kappa shape index (κ1) is 12.6. The lowest BCUT2D eigenvalue weighted by molar-refractivity contribution is 0.208. The van der Waals surface area contributed by atoms with Gasteiger partial charge in [-0.25, -0.2) is 4.39 Å². The number of thioether (sulfide) groups is 1. The minimum Gasteiger partial charge on any atom is -0.387 e. The van der Waals surface area contributed by atoms with Crippen LogP contribution in [0, 0.1) is 12.7 Å². The molecule has 0 radical (unpaired) electrons. The molecular formula is C13H13FOS2. The van der Waals surface area contributed by atoms with Crippen LogP contribution in [0.3, 0.4) is 0 Å². The van der Waals surface area contributed by atoms with Crippen molar-refractivity contribution in [3.05, 3.63) is 52.0 Å². The van der Waals surface area contributed by atoms with Crippen molar-refractivity contribution in [2.45, 2.75) is 17.9 Å². The van der Waals surface area contributed by atoms with Crippen molar-refractivity contribution in [2.75, 3.05) is 5.75 Å². The zero-order chi connectivity index (χ0) is 12.3. The van der Waals surface area contributed by atoms with Gasteiger partial charge < -0.3 is 5.11 Å². The standard InChI is InChI=1S/C13H13FOS2/c1-9-6-7-13(17-9)11(15)8-16-12-5-3-2-4-10(12)14/h2-7,11,15H,8H2,1H3. The molecule has 2 rings (SSSR count). The predicted octanol–water partition coefficient (Wildman–Crippen LogP) is 4.02. The number of rotatable bonds is 4. The van der Waals surface area contributed by atoms with Gasteiger partial charge in [-0.05, 0) is 31.2 Å². The second kappa shape index (κ2) is 5.67. The van der Waals surface area contributed by atoms with E-state index >= 15 is 0 Å². The molecule has 17 heavy (non-hydrogen) atoms. The first-order valence-corrected chi connectivity index (χ1v) is 7.09. The topological polar surface area (TPSA) is 20.2 Å². The van der Waals surface area contributed by atoms with Crippen molar-refractivity contribution >= 4 is 23.1 Å². The van der Waals surface area contributed by atoms with Gasteiger partial charge >= 0.3 is 0 Å². The van der Waals surface area contributed by atoms with Crippen molar-refractivity contribution < 1.29 is 9.50 Å². The summed E-state index contributed by atoms with van der Waals surface area (Å²) in [4.78, 5) is 2.70. The van der Waals surface area contributed by atoms with Crippen LogP contribution in [0.25, 0.3) is 0 Å². The molecule has 0 amide bonds. The van der Waals surface area contributed by atoms with Crippen molar-refractivity contribution in [1.82, 2.24) is 0 Å². The number of benzene rings is 1. The zero-order valence-electron chi connectivity index (χ0n) is 9.39. The summed E-state index contributed by atoms with van der Waals surface area (Å²) in [5.41, 5.74) is 0. The van der Waals surface area contributed by atoms with Gasteiger partial charge in [0.1, 0.15) is 5.82 Å². The summed E-state index contributed by atoms with van der Waals surface area (Å²) in [6.07, 6.45) is -0.529. The maximum atomic E-state index is 13.3. The summed E-state index contributed by atoms with van der Waals surface area (Å²) in [6, 6.07) is 10.5. The van der Waals surface area contributed by atoms with Crippen molar-refractivity contribution in [1.29, 1.82) is 0 Å². The van der Waals surface area contributed by atoms with E-state index in [0.717, 1.165) is 4.88 Å². The Bertz CT molecular complexity index is 496. The molecule has 0 spiro atoms. The van der Waals surface area contributed by atoms with Gasteiger partial charge in [0.05, 0.1) is 6.10 Å². The van der Waals surface area contributed by atoms with Crippen molar-refractivity contribution in [3.8, 4) is 0 Å². The molecule has 0 saturated carbocycles. The lowest BCUT2D eigenvalue weighted by atomic mass is 10.3. The fraction of sp³-hybridized carbons (Fsp3) is 0.231. The smallest absolute Gasteiger partial charge is 0.136 e. The Kier molecular flexibility index (Phi) is 4.20. The Morgan fingerprint density at radius 1 is 1.29 bits per heavy atom. The minimum absolute atomic E-state index is 0.230. The van der Waals surface area contributed by atoms with Crippen LogP contribution >= 0.6 is 23.1 Å². The van der Waals surface area contributed by atoms with Crippen LogP contribution in [-0.4, -0.2) is 10.9 Å². The Morgan fingerprint density at radius 2 is 2.06 bits per heavy atom. The third kappa shape index (κ3) is 3.31. The molecule has 4 heteroatoms. The highest BCUT2D eigenvalue weighted by Gasteiger charge is 2.11. The Morgan fingerprint density at radius 3 is 2.71 bits per heavy atom. The molecule has 2 aromatic rings. The molecule has 1 unspecified atom stereocenters. The molecule has 90 valence electrons. The summed E-state index contributed by atoms with van der Waals surface area (Å²) in [6.45, 7) is 2.00. The van der Waals surface area contributed by atoms with E-state index in [1.165, 1.54) is 22.7 Å². The zero-order valence-corrected chi connectivity index (χ0v) is 11.0. The van der Waals surface area contributed by atoms with Gasteiger partial charge in [-0.2, -0.15) is 0 Å². The Labute approximate surface area is 108 Å². The fourth-order valence-electron chi connectivity index (χ4n) is 1.45. The van der Waals surface area contributed by atoms with E-state index in [9.17, 15) is 9.50 Å².